The first-order valence-electron chi connectivity index (χ1n) is 4.59. The van der Waals surface area contributed by atoms with Crippen LogP contribution in [0.2, 0.25) is 0 Å². The van der Waals surface area contributed by atoms with Crippen molar-refractivity contribution >= 4 is 16.3 Å². The van der Waals surface area contributed by atoms with Crippen LogP contribution in [0.3, 0.4) is 0 Å². The van der Waals surface area contributed by atoms with E-state index in [0.717, 1.165) is 6.42 Å². The summed E-state index contributed by atoms with van der Waals surface area (Å²) in [5.41, 5.74) is 0. The van der Waals surface area contributed by atoms with Gasteiger partial charge in [0.25, 0.3) is 10.1 Å². The van der Waals surface area contributed by atoms with Gasteiger partial charge in [0.15, 0.2) is 0 Å². The first-order chi connectivity index (χ1) is 7.02. The van der Waals surface area contributed by atoms with Gasteiger partial charge in [0.2, 0.25) is 0 Å². The number of unbranched alkanes of at least 4 members (excludes halogenated alkanes) is 1. The SMILES string of the molecule is CCCCS(=O)(=O)OC.O=C1OCCO1. The van der Waals surface area contributed by atoms with E-state index in [1.54, 1.807) is 0 Å². The lowest BCUT2D eigenvalue weighted by Gasteiger charge is -1.96. The van der Waals surface area contributed by atoms with Gasteiger partial charge < -0.3 is 9.47 Å². The van der Waals surface area contributed by atoms with Gasteiger partial charge >= 0.3 is 6.16 Å². The summed E-state index contributed by atoms with van der Waals surface area (Å²) in [7, 11) is -2.00. The Morgan fingerprint density at radius 2 is 1.87 bits per heavy atom. The highest BCUT2D eigenvalue weighted by molar-refractivity contribution is 7.86. The number of rotatable bonds is 4. The van der Waals surface area contributed by atoms with E-state index in [1.807, 2.05) is 6.92 Å². The normalized spacial score (nSPS) is 14.9. The van der Waals surface area contributed by atoms with Crippen LogP contribution in [-0.4, -0.2) is 40.6 Å². The maximum Gasteiger partial charge on any atom is 0.508 e. The average molecular weight is 240 g/mol. The third kappa shape index (κ3) is 8.19. The molecule has 0 amide bonds. The van der Waals surface area contributed by atoms with Crippen LogP contribution in [0.4, 0.5) is 4.79 Å². The van der Waals surface area contributed by atoms with E-state index >= 15 is 0 Å². The van der Waals surface area contributed by atoms with Crippen molar-refractivity contribution in [2.45, 2.75) is 19.8 Å². The van der Waals surface area contributed by atoms with E-state index < -0.39 is 16.3 Å². The highest BCUT2D eigenvalue weighted by Gasteiger charge is 2.09. The minimum Gasteiger partial charge on any atom is -0.431 e. The van der Waals surface area contributed by atoms with Crippen LogP contribution < -0.4 is 0 Å². The van der Waals surface area contributed by atoms with Gasteiger partial charge in [-0.3, -0.25) is 4.18 Å². The minimum atomic E-state index is -3.18. The number of cyclic esters (lactones) is 2. The number of carbonyl (C=O) groups is 1. The van der Waals surface area contributed by atoms with Crippen molar-refractivity contribution in [3.05, 3.63) is 0 Å². The quantitative estimate of drug-likeness (QED) is 0.537. The molecule has 1 heterocycles. The maximum atomic E-state index is 10.5. The molecule has 1 aliphatic heterocycles. The maximum absolute atomic E-state index is 10.5. The minimum absolute atomic E-state index is 0.139. The summed E-state index contributed by atoms with van der Waals surface area (Å²) in [4.78, 5) is 9.80. The number of hydrogen-bond donors (Lipinski definition) is 0. The third-order valence-corrected chi connectivity index (χ3v) is 2.82. The predicted octanol–water partition coefficient (Wildman–Crippen LogP) is 0.916. The Morgan fingerprint density at radius 3 is 2.13 bits per heavy atom. The molecule has 0 aromatic carbocycles. The van der Waals surface area contributed by atoms with Crippen molar-refractivity contribution in [1.82, 2.24) is 0 Å². The van der Waals surface area contributed by atoms with Gasteiger partial charge in [-0.25, -0.2) is 4.79 Å². The van der Waals surface area contributed by atoms with Crippen molar-refractivity contribution in [1.29, 1.82) is 0 Å². The van der Waals surface area contributed by atoms with Gasteiger partial charge in [0.1, 0.15) is 13.2 Å². The van der Waals surface area contributed by atoms with Gasteiger partial charge in [0.05, 0.1) is 12.9 Å². The molecular weight excluding hydrogens is 224 g/mol. The van der Waals surface area contributed by atoms with E-state index in [0.29, 0.717) is 19.6 Å². The zero-order chi connectivity index (χ0) is 11.7. The van der Waals surface area contributed by atoms with E-state index in [9.17, 15) is 13.2 Å². The Bertz CT molecular complexity index is 263. The molecule has 1 fully saturated rings. The number of carbonyl (C=O) groups excluding carboxylic acids is 1. The molecule has 6 nitrogen and oxygen atoms in total. The first kappa shape index (κ1) is 14.2. The molecule has 0 radical (unpaired) electrons. The first-order valence-corrected chi connectivity index (χ1v) is 6.17. The monoisotopic (exact) mass is 240 g/mol. The Hall–Kier alpha value is -0.820. The summed E-state index contributed by atoms with van der Waals surface area (Å²) in [6.45, 7) is 2.77. The van der Waals surface area contributed by atoms with Crippen LogP contribution in [0.15, 0.2) is 0 Å². The Labute approximate surface area is 89.6 Å². The molecule has 0 N–H and O–H groups in total. The molecule has 0 atom stereocenters. The van der Waals surface area contributed by atoms with Crippen LogP contribution in [0.5, 0.6) is 0 Å². The second-order valence-electron chi connectivity index (χ2n) is 2.73. The van der Waals surface area contributed by atoms with Crippen LogP contribution in [0.1, 0.15) is 19.8 Å². The molecule has 1 saturated heterocycles. The summed E-state index contributed by atoms with van der Waals surface area (Å²) in [5.74, 6) is 0.139. The molecule has 0 aromatic rings. The molecule has 0 saturated carbocycles. The van der Waals surface area contributed by atoms with Crippen LogP contribution in [0, 0.1) is 0 Å². The lowest BCUT2D eigenvalue weighted by Crippen LogP contribution is -2.06. The topological polar surface area (TPSA) is 78.9 Å². The average Bonchev–Trinajstić information content (AvgIpc) is 2.67. The summed E-state index contributed by atoms with van der Waals surface area (Å²) in [6.07, 6.45) is 1.01. The molecule has 0 spiro atoms. The van der Waals surface area contributed by atoms with Gasteiger partial charge in [0, 0.05) is 0 Å². The third-order valence-electron chi connectivity index (χ3n) is 1.52. The fourth-order valence-electron chi connectivity index (χ4n) is 0.696. The zero-order valence-electron chi connectivity index (χ0n) is 8.89. The lowest BCUT2D eigenvalue weighted by molar-refractivity contribution is 0.131. The van der Waals surface area contributed by atoms with Crippen molar-refractivity contribution in [3.63, 3.8) is 0 Å². The van der Waals surface area contributed by atoms with E-state index in [2.05, 4.69) is 13.7 Å². The van der Waals surface area contributed by atoms with E-state index in [4.69, 9.17) is 0 Å². The molecule has 15 heavy (non-hydrogen) atoms. The molecule has 0 unspecified atom stereocenters. The van der Waals surface area contributed by atoms with Crippen molar-refractivity contribution in [2.75, 3.05) is 26.1 Å². The van der Waals surface area contributed by atoms with Gasteiger partial charge in [-0.2, -0.15) is 8.42 Å². The fraction of sp³-hybridized carbons (Fsp3) is 0.875. The van der Waals surface area contributed by atoms with Gasteiger partial charge in [-0.1, -0.05) is 13.3 Å². The molecule has 0 aromatic heterocycles. The summed E-state index contributed by atoms with van der Waals surface area (Å²) in [6, 6.07) is 0. The van der Waals surface area contributed by atoms with Crippen molar-refractivity contribution in [3.8, 4) is 0 Å². The van der Waals surface area contributed by atoms with E-state index in [-0.39, 0.29) is 5.75 Å². The Balaban J connectivity index is 0.000000280. The second-order valence-corrected chi connectivity index (χ2v) is 4.59. The van der Waals surface area contributed by atoms with Crippen LogP contribution in [0.25, 0.3) is 0 Å². The molecule has 1 rings (SSSR count). The van der Waals surface area contributed by atoms with Crippen LogP contribution in [-0.2, 0) is 23.8 Å². The fourth-order valence-corrected chi connectivity index (χ4v) is 1.51. The summed E-state index contributed by atoms with van der Waals surface area (Å²) < 4.78 is 33.9. The second kappa shape index (κ2) is 7.47. The van der Waals surface area contributed by atoms with Gasteiger partial charge in [-0.15, -0.1) is 0 Å². The Morgan fingerprint density at radius 1 is 1.33 bits per heavy atom. The van der Waals surface area contributed by atoms with E-state index in [1.165, 1.54) is 7.11 Å². The van der Waals surface area contributed by atoms with Gasteiger partial charge in [-0.05, 0) is 6.42 Å². The Kier molecular flexibility index (Phi) is 7.06. The van der Waals surface area contributed by atoms with Crippen molar-refractivity contribution < 1.29 is 26.9 Å². The highest BCUT2D eigenvalue weighted by Crippen LogP contribution is 1.95. The predicted molar refractivity (Wildman–Crippen MR) is 53.0 cm³/mol. The number of ether oxygens (including phenoxy) is 2. The largest absolute Gasteiger partial charge is 0.508 e. The highest BCUT2D eigenvalue weighted by atomic mass is 32.2. The van der Waals surface area contributed by atoms with Crippen LogP contribution >= 0.6 is 0 Å². The summed E-state index contributed by atoms with van der Waals surface area (Å²) >= 11 is 0. The standard InChI is InChI=1S/C5H12O3S.C3H4O3/c1-3-4-5-9(6,7)8-2;4-3-5-1-2-6-3/h3-5H2,1-2H3;1-2H2. The zero-order valence-corrected chi connectivity index (χ0v) is 9.71. The summed E-state index contributed by atoms with van der Waals surface area (Å²) in [5, 5.41) is 0. The molecule has 0 aliphatic carbocycles. The molecule has 0 bridgehead atoms. The number of hydrogen-bond acceptors (Lipinski definition) is 6. The lowest BCUT2D eigenvalue weighted by atomic mass is 10.4. The molecule has 1 aliphatic rings. The smallest absolute Gasteiger partial charge is 0.431 e. The molecule has 90 valence electrons. The van der Waals surface area contributed by atoms with Crippen molar-refractivity contribution in [2.24, 2.45) is 0 Å². The molecular formula is C8H16O6S. The molecule has 7 heteroatoms.